The van der Waals surface area contributed by atoms with Gasteiger partial charge in [-0.25, -0.2) is 4.98 Å². The van der Waals surface area contributed by atoms with Crippen molar-refractivity contribution in [3.8, 4) is 11.5 Å². The molecule has 1 aliphatic rings. The molecule has 1 saturated carbocycles. The number of fused-ring (bicyclic) bond motifs is 6. The number of hydrogen-bond acceptors (Lipinski definition) is 2. The Balaban J connectivity index is 1.29. The first-order valence-corrected chi connectivity index (χ1v) is 17.5. The summed E-state index contributed by atoms with van der Waals surface area (Å²) >= 11 is 0. The van der Waals surface area contributed by atoms with Crippen molar-refractivity contribution in [1.29, 1.82) is 0 Å². The Kier molecular flexibility index (Phi) is 7.59. The van der Waals surface area contributed by atoms with Gasteiger partial charge >= 0.3 is 0 Å². The minimum Gasteiger partial charge on any atom is -0.319 e. The minimum absolute atomic E-state index is 0.391. The molecule has 0 bridgehead atoms. The lowest BCUT2D eigenvalue weighted by Crippen LogP contribution is -2.14. The van der Waals surface area contributed by atoms with Crippen LogP contribution in [0.1, 0.15) is 60.4 Å². The average Bonchev–Trinajstić information content (AvgIpc) is 3.60. The van der Waals surface area contributed by atoms with Gasteiger partial charge in [0, 0.05) is 28.6 Å². The highest BCUT2D eigenvalue weighted by Crippen LogP contribution is 2.42. The summed E-state index contributed by atoms with van der Waals surface area (Å²) in [6.45, 7) is 0. The summed E-state index contributed by atoms with van der Waals surface area (Å²) in [6.07, 6.45) is 8.18. The molecule has 49 heavy (non-hydrogen) atoms. The fourth-order valence-corrected chi connectivity index (χ4v) is 8.00. The lowest BCUT2D eigenvalue weighted by atomic mass is 9.86. The van der Waals surface area contributed by atoms with Crippen LogP contribution in [-0.4, -0.2) is 14.5 Å². The Morgan fingerprint density at radius 3 is 1.51 bits per heavy atom. The number of benzene rings is 6. The number of pyridine rings is 1. The van der Waals surface area contributed by atoms with Crippen molar-refractivity contribution in [2.24, 2.45) is 0 Å². The Bertz CT molecular complexity index is 2390. The third-order valence-corrected chi connectivity index (χ3v) is 10.2. The summed E-state index contributed by atoms with van der Waals surface area (Å²) in [5.41, 5.74) is 10.2. The van der Waals surface area contributed by atoms with Crippen molar-refractivity contribution >= 4 is 43.7 Å². The van der Waals surface area contributed by atoms with E-state index in [9.17, 15) is 0 Å². The Morgan fingerprint density at radius 2 is 0.959 bits per heavy atom. The van der Waals surface area contributed by atoms with Crippen molar-refractivity contribution in [3.63, 3.8) is 0 Å². The van der Waals surface area contributed by atoms with Crippen LogP contribution < -0.4 is 0 Å². The molecular formula is C46H37N3. The van der Waals surface area contributed by atoms with E-state index in [1.54, 1.807) is 0 Å². The van der Waals surface area contributed by atoms with E-state index in [0.29, 0.717) is 6.04 Å². The van der Waals surface area contributed by atoms with Gasteiger partial charge in [0.1, 0.15) is 5.69 Å². The molecule has 3 nitrogen and oxygen atoms in total. The van der Waals surface area contributed by atoms with Crippen LogP contribution in [0, 0.1) is 0 Å². The number of rotatable bonds is 6. The molecule has 0 N–H and O–H groups in total. The second-order valence-electron chi connectivity index (χ2n) is 13.2. The van der Waals surface area contributed by atoms with E-state index in [4.69, 9.17) is 9.97 Å². The van der Waals surface area contributed by atoms with Crippen LogP contribution in [0.15, 0.2) is 158 Å². The number of imidazole rings is 1. The predicted octanol–water partition coefficient (Wildman–Crippen LogP) is 11.9. The molecule has 0 saturated heterocycles. The first-order chi connectivity index (χ1) is 24.3. The zero-order valence-corrected chi connectivity index (χ0v) is 27.5. The summed E-state index contributed by atoms with van der Waals surface area (Å²) in [6, 6.07) is 54.6. The molecule has 8 aromatic rings. The molecule has 2 heterocycles. The number of nitrogens with zero attached hydrogens (tertiary/aromatic N) is 3. The Hall–Kier alpha value is -5.80. The van der Waals surface area contributed by atoms with Crippen LogP contribution in [0.2, 0.25) is 0 Å². The van der Waals surface area contributed by atoms with E-state index in [2.05, 4.69) is 162 Å². The van der Waals surface area contributed by atoms with Crippen molar-refractivity contribution in [3.05, 3.63) is 180 Å². The largest absolute Gasteiger partial charge is 0.319 e. The van der Waals surface area contributed by atoms with E-state index in [0.717, 1.165) is 46.6 Å². The molecule has 0 atom stereocenters. The van der Waals surface area contributed by atoms with Crippen molar-refractivity contribution in [2.75, 3.05) is 0 Å². The van der Waals surface area contributed by atoms with Gasteiger partial charge in [-0.2, -0.15) is 0 Å². The predicted molar refractivity (Wildman–Crippen MR) is 204 cm³/mol. The fourth-order valence-electron chi connectivity index (χ4n) is 8.00. The maximum absolute atomic E-state index is 5.49. The van der Waals surface area contributed by atoms with E-state index in [1.807, 2.05) is 0 Å². The van der Waals surface area contributed by atoms with Crippen molar-refractivity contribution < 1.29 is 0 Å². The minimum atomic E-state index is 0.391. The molecule has 3 heteroatoms. The molecule has 1 fully saturated rings. The van der Waals surface area contributed by atoms with Gasteiger partial charge in [0.05, 0.1) is 11.0 Å². The number of hydrogen-bond donors (Lipinski definition) is 0. The topological polar surface area (TPSA) is 30.7 Å². The zero-order valence-electron chi connectivity index (χ0n) is 27.5. The summed E-state index contributed by atoms with van der Waals surface area (Å²) in [5, 5.41) is 5.00. The summed E-state index contributed by atoms with van der Waals surface area (Å²) in [4.78, 5) is 10.7. The second kappa shape index (κ2) is 12.7. The molecule has 0 aliphatic heterocycles. The number of aromatic nitrogens is 3. The first kappa shape index (κ1) is 29.3. The standard InChI is InChI=1S/C46H37N3/c1-5-17-32(18-6-1)42(33-19-7-2-8-20-33)43(34-21-9-3-10-22-34)35-29-30-41(47-31-35)46-48-44-39-27-15-13-25-37(39)38-26-14-16-28-40(38)45(44)49(46)36-23-11-4-12-24-36/h1-3,5-10,13-22,25-31,36H,4,11-12,23-24H2. The monoisotopic (exact) mass is 631 g/mol. The highest BCUT2D eigenvalue weighted by molar-refractivity contribution is 6.23. The molecule has 6 aromatic carbocycles. The third kappa shape index (κ3) is 5.23. The van der Waals surface area contributed by atoms with Gasteiger partial charge in [0.15, 0.2) is 5.82 Å². The normalized spacial score (nSPS) is 13.6. The van der Waals surface area contributed by atoms with Crippen molar-refractivity contribution in [1.82, 2.24) is 14.5 Å². The van der Waals surface area contributed by atoms with E-state index < -0.39 is 0 Å². The molecule has 1 aliphatic carbocycles. The molecule has 0 radical (unpaired) electrons. The summed E-state index contributed by atoms with van der Waals surface area (Å²) < 4.78 is 2.55. The molecule has 9 rings (SSSR count). The Morgan fingerprint density at radius 1 is 0.469 bits per heavy atom. The van der Waals surface area contributed by atoms with Crippen LogP contribution in [0.5, 0.6) is 0 Å². The van der Waals surface area contributed by atoms with Gasteiger partial charge in [0.25, 0.3) is 0 Å². The molecule has 2 aromatic heterocycles. The van der Waals surface area contributed by atoms with Gasteiger partial charge in [-0.3, -0.25) is 4.98 Å². The summed E-state index contributed by atoms with van der Waals surface area (Å²) in [7, 11) is 0. The maximum atomic E-state index is 5.49. The van der Waals surface area contributed by atoms with E-state index >= 15 is 0 Å². The third-order valence-electron chi connectivity index (χ3n) is 10.2. The van der Waals surface area contributed by atoms with Gasteiger partial charge in [0.2, 0.25) is 0 Å². The van der Waals surface area contributed by atoms with Crippen LogP contribution in [0.3, 0.4) is 0 Å². The molecule has 0 spiro atoms. The van der Waals surface area contributed by atoms with Gasteiger partial charge in [-0.05, 0) is 57.5 Å². The highest BCUT2D eigenvalue weighted by Gasteiger charge is 2.26. The van der Waals surface area contributed by atoms with Gasteiger partial charge in [-0.1, -0.05) is 165 Å². The van der Waals surface area contributed by atoms with E-state index in [-0.39, 0.29) is 0 Å². The van der Waals surface area contributed by atoms with Crippen LogP contribution in [-0.2, 0) is 0 Å². The van der Waals surface area contributed by atoms with E-state index in [1.165, 1.54) is 63.0 Å². The van der Waals surface area contributed by atoms with Crippen LogP contribution in [0.4, 0.5) is 0 Å². The van der Waals surface area contributed by atoms with Gasteiger partial charge in [-0.15, -0.1) is 0 Å². The first-order valence-electron chi connectivity index (χ1n) is 17.5. The van der Waals surface area contributed by atoms with Gasteiger partial charge < -0.3 is 4.57 Å². The quantitative estimate of drug-likeness (QED) is 0.135. The molecule has 0 amide bonds. The second-order valence-corrected chi connectivity index (χ2v) is 13.2. The lowest BCUT2D eigenvalue weighted by Gasteiger charge is -2.26. The fraction of sp³-hybridized carbons (Fsp3) is 0.130. The Labute approximate surface area is 287 Å². The summed E-state index contributed by atoms with van der Waals surface area (Å²) in [5.74, 6) is 0.964. The maximum Gasteiger partial charge on any atom is 0.160 e. The zero-order chi connectivity index (χ0) is 32.6. The van der Waals surface area contributed by atoms with Crippen LogP contribution in [0.25, 0.3) is 55.2 Å². The molecule has 0 unspecified atom stereocenters. The SMILES string of the molecule is c1ccc(C(=C(c2ccccc2)c2ccc(-c3nc4c5ccccc5c5ccccc5c4n3C3CCCCC3)nc2)c2ccccc2)cc1. The molecule has 236 valence electrons. The lowest BCUT2D eigenvalue weighted by molar-refractivity contribution is 0.362. The smallest absolute Gasteiger partial charge is 0.160 e. The highest BCUT2D eigenvalue weighted by atomic mass is 15.1. The average molecular weight is 632 g/mol. The van der Waals surface area contributed by atoms with Crippen molar-refractivity contribution in [2.45, 2.75) is 38.1 Å². The van der Waals surface area contributed by atoms with Crippen LogP contribution >= 0.6 is 0 Å². The molecular weight excluding hydrogens is 595 g/mol.